The molecule has 0 radical (unpaired) electrons. The molecule has 0 N–H and O–H groups in total. The Hall–Kier alpha value is -0.390. The molecule has 0 unspecified atom stereocenters. The molecule has 0 aromatic carbocycles. The molecule has 1 aromatic rings. The maximum atomic E-state index is 12.5. The lowest BCUT2D eigenvalue weighted by Gasteiger charge is -2.21. The number of hydrogen-bond donors (Lipinski definition) is 0. The Morgan fingerprint density at radius 2 is 2.16 bits per heavy atom. The number of halogens is 1. The van der Waals surface area contributed by atoms with E-state index in [-0.39, 0.29) is 5.91 Å². The van der Waals surface area contributed by atoms with Crippen LogP contribution in [0.2, 0.25) is 0 Å². The standard InChI is InChI=1S/C14H21BrN2OS/c1-2-12-4-5-13(19-12)14(18)17-8-3-7-16(9-6-15)10-11-17/h4-5H,2-3,6-11H2,1H3. The molecule has 1 aliphatic heterocycles. The van der Waals surface area contributed by atoms with Crippen LogP contribution in [0.15, 0.2) is 12.1 Å². The fourth-order valence-electron chi connectivity index (χ4n) is 2.36. The first-order chi connectivity index (χ1) is 9.24. The molecule has 106 valence electrons. The molecule has 0 spiro atoms. The van der Waals surface area contributed by atoms with Crippen LogP contribution < -0.4 is 0 Å². The van der Waals surface area contributed by atoms with E-state index in [0.717, 1.165) is 55.8 Å². The summed E-state index contributed by atoms with van der Waals surface area (Å²) in [5, 5.41) is 1.01. The highest BCUT2D eigenvalue weighted by atomic mass is 79.9. The Bertz CT molecular complexity index is 421. The van der Waals surface area contributed by atoms with Gasteiger partial charge in [-0.1, -0.05) is 22.9 Å². The average molecular weight is 345 g/mol. The van der Waals surface area contributed by atoms with Crippen LogP contribution in [-0.2, 0) is 6.42 Å². The summed E-state index contributed by atoms with van der Waals surface area (Å²) in [5.74, 6) is 0.213. The van der Waals surface area contributed by atoms with Crippen LogP contribution in [0.3, 0.4) is 0 Å². The fraction of sp³-hybridized carbons (Fsp3) is 0.643. The van der Waals surface area contributed by atoms with Crippen molar-refractivity contribution in [1.29, 1.82) is 0 Å². The van der Waals surface area contributed by atoms with Crippen LogP contribution in [0.4, 0.5) is 0 Å². The molecular formula is C14H21BrN2OS. The number of alkyl halides is 1. The molecule has 1 aromatic heterocycles. The first kappa shape index (κ1) is 15.0. The van der Waals surface area contributed by atoms with Crippen LogP contribution in [0, 0.1) is 0 Å². The normalized spacial score (nSPS) is 17.5. The maximum absolute atomic E-state index is 12.5. The molecule has 0 atom stereocenters. The highest BCUT2D eigenvalue weighted by Crippen LogP contribution is 2.19. The summed E-state index contributed by atoms with van der Waals surface area (Å²) >= 11 is 5.12. The summed E-state index contributed by atoms with van der Waals surface area (Å²) in [4.78, 5) is 19.1. The number of nitrogens with zero attached hydrogens (tertiary/aromatic N) is 2. The summed E-state index contributed by atoms with van der Waals surface area (Å²) in [5.41, 5.74) is 0. The molecule has 2 heterocycles. The van der Waals surface area contributed by atoms with Crippen molar-refractivity contribution in [3.63, 3.8) is 0 Å². The van der Waals surface area contributed by atoms with E-state index in [1.54, 1.807) is 11.3 Å². The van der Waals surface area contributed by atoms with Gasteiger partial charge in [0.15, 0.2) is 0 Å². The van der Waals surface area contributed by atoms with Crippen molar-refractivity contribution in [3.05, 3.63) is 21.9 Å². The number of hydrogen-bond acceptors (Lipinski definition) is 3. The number of carbonyl (C=O) groups excluding carboxylic acids is 1. The zero-order valence-electron chi connectivity index (χ0n) is 11.4. The summed E-state index contributed by atoms with van der Waals surface area (Å²) in [6.07, 6.45) is 2.09. The number of thiophene rings is 1. The molecule has 0 bridgehead atoms. The molecule has 0 aliphatic carbocycles. The van der Waals surface area contributed by atoms with E-state index in [1.165, 1.54) is 4.88 Å². The maximum Gasteiger partial charge on any atom is 0.263 e. The second kappa shape index (κ2) is 7.41. The predicted molar refractivity (Wildman–Crippen MR) is 84.5 cm³/mol. The van der Waals surface area contributed by atoms with Crippen LogP contribution in [-0.4, -0.2) is 53.8 Å². The van der Waals surface area contributed by atoms with Crippen molar-refractivity contribution in [2.24, 2.45) is 0 Å². The minimum atomic E-state index is 0.213. The number of rotatable bonds is 4. The molecule has 3 nitrogen and oxygen atoms in total. The highest BCUT2D eigenvalue weighted by Gasteiger charge is 2.21. The minimum absolute atomic E-state index is 0.213. The van der Waals surface area contributed by atoms with E-state index in [9.17, 15) is 4.79 Å². The zero-order valence-corrected chi connectivity index (χ0v) is 13.8. The van der Waals surface area contributed by atoms with Gasteiger partial charge in [-0.15, -0.1) is 11.3 Å². The summed E-state index contributed by atoms with van der Waals surface area (Å²) < 4.78 is 0. The average Bonchev–Trinajstić information content (AvgIpc) is 2.79. The largest absolute Gasteiger partial charge is 0.337 e. The van der Waals surface area contributed by atoms with Crippen LogP contribution in [0.25, 0.3) is 0 Å². The molecule has 1 fully saturated rings. The Kier molecular flexibility index (Phi) is 5.85. The topological polar surface area (TPSA) is 23.6 Å². The number of carbonyl (C=O) groups is 1. The third-order valence-corrected chi connectivity index (χ3v) is 5.07. The summed E-state index contributed by atoms with van der Waals surface area (Å²) in [6, 6.07) is 4.06. The van der Waals surface area contributed by atoms with Gasteiger partial charge >= 0.3 is 0 Å². The van der Waals surface area contributed by atoms with Crippen molar-refractivity contribution in [1.82, 2.24) is 9.80 Å². The highest BCUT2D eigenvalue weighted by molar-refractivity contribution is 9.09. The van der Waals surface area contributed by atoms with E-state index < -0.39 is 0 Å². The van der Waals surface area contributed by atoms with Gasteiger partial charge in [-0.25, -0.2) is 0 Å². The summed E-state index contributed by atoms with van der Waals surface area (Å²) in [6.45, 7) is 7.02. The monoisotopic (exact) mass is 344 g/mol. The molecule has 0 saturated carbocycles. The van der Waals surface area contributed by atoms with E-state index >= 15 is 0 Å². The van der Waals surface area contributed by atoms with Gasteiger partial charge in [0.1, 0.15) is 0 Å². The van der Waals surface area contributed by atoms with Crippen molar-refractivity contribution in [3.8, 4) is 0 Å². The second-order valence-corrected chi connectivity index (χ2v) is 6.76. The molecular weight excluding hydrogens is 324 g/mol. The lowest BCUT2D eigenvalue weighted by atomic mass is 10.3. The van der Waals surface area contributed by atoms with Crippen molar-refractivity contribution in [2.75, 3.05) is 38.1 Å². The lowest BCUT2D eigenvalue weighted by Crippen LogP contribution is -2.35. The van der Waals surface area contributed by atoms with Gasteiger partial charge in [-0.2, -0.15) is 0 Å². The van der Waals surface area contributed by atoms with Crippen LogP contribution >= 0.6 is 27.3 Å². The molecule has 5 heteroatoms. The fourth-order valence-corrected chi connectivity index (χ4v) is 3.77. The van der Waals surface area contributed by atoms with E-state index in [2.05, 4.69) is 33.8 Å². The van der Waals surface area contributed by atoms with Gasteiger partial charge in [-0.05, 0) is 31.5 Å². The second-order valence-electron chi connectivity index (χ2n) is 4.80. The Labute approximate surface area is 127 Å². The van der Waals surface area contributed by atoms with Gasteiger partial charge in [0, 0.05) is 36.4 Å². The predicted octanol–water partition coefficient (Wildman–Crippen LogP) is 2.85. The number of amides is 1. The lowest BCUT2D eigenvalue weighted by molar-refractivity contribution is 0.0766. The van der Waals surface area contributed by atoms with Gasteiger partial charge in [0.2, 0.25) is 0 Å². The Morgan fingerprint density at radius 1 is 1.32 bits per heavy atom. The quantitative estimate of drug-likeness (QED) is 0.784. The smallest absolute Gasteiger partial charge is 0.263 e. The van der Waals surface area contributed by atoms with Gasteiger partial charge < -0.3 is 9.80 Å². The van der Waals surface area contributed by atoms with Crippen molar-refractivity contribution < 1.29 is 4.79 Å². The van der Waals surface area contributed by atoms with Crippen LogP contribution in [0.5, 0.6) is 0 Å². The van der Waals surface area contributed by atoms with Crippen LogP contribution in [0.1, 0.15) is 27.9 Å². The first-order valence-electron chi connectivity index (χ1n) is 6.91. The molecule has 19 heavy (non-hydrogen) atoms. The molecule has 1 saturated heterocycles. The van der Waals surface area contributed by atoms with Crippen molar-refractivity contribution >= 4 is 33.2 Å². The van der Waals surface area contributed by atoms with Gasteiger partial charge in [0.05, 0.1) is 4.88 Å². The number of aryl methyl sites for hydroxylation is 1. The SMILES string of the molecule is CCc1ccc(C(=O)N2CCCN(CCBr)CC2)s1. The Balaban J connectivity index is 1.95. The van der Waals surface area contributed by atoms with E-state index in [1.807, 2.05) is 11.0 Å². The van der Waals surface area contributed by atoms with Gasteiger partial charge in [-0.3, -0.25) is 4.79 Å². The van der Waals surface area contributed by atoms with E-state index in [0.29, 0.717) is 0 Å². The molecule has 1 amide bonds. The molecule has 2 rings (SSSR count). The van der Waals surface area contributed by atoms with Gasteiger partial charge in [0.25, 0.3) is 5.91 Å². The minimum Gasteiger partial charge on any atom is -0.337 e. The Morgan fingerprint density at radius 3 is 2.84 bits per heavy atom. The third-order valence-electron chi connectivity index (χ3n) is 3.50. The zero-order chi connectivity index (χ0) is 13.7. The summed E-state index contributed by atoms with van der Waals surface area (Å²) in [7, 11) is 0. The van der Waals surface area contributed by atoms with Crippen molar-refractivity contribution in [2.45, 2.75) is 19.8 Å². The van der Waals surface area contributed by atoms with E-state index in [4.69, 9.17) is 0 Å². The molecule has 1 aliphatic rings. The first-order valence-corrected chi connectivity index (χ1v) is 8.84. The third kappa shape index (κ3) is 4.04.